The molecule has 2 aromatic carbocycles. The van der Waals surface area contributed by atoms with Gasteiger partial charge in [-0.1, -0.05) is 41.0 Å². The van der Waals surface area contributed by atoms with E-state index in [4.69, 9.17) is 23.2 Å². The van der Waals surface area contributed by atoms with Crippen molar-refractivity contribution in [3.05, 3.63) is 64.9 Å². The Morgan fingerprint density at radius 3 is 2.61 bits per heavy atom. The van der Waals surface area contributed by atoms with Gasteiger partial charge in [0.25, 0.3) is 0 Å². The highest BCUT2D eigenvalue weighted by Crippen LogP contribution is 2.29. The molecule has 1 atom stereocenters. The number of rotatable bonds is 7. The van der Waals surface area contributed by atoms with Gasteiger partial charge in [0.2, 0.25) is 15.9 Å². The quantitative estimate of drug-likeness (QED) is 0.483. The number of nitrogens with one attached hydrogen (secondary N) is 1. The van der Waals surface area contributed by atoms with Gasteiger partial charge >= 0.3 is 0 Å². The summed E-state index contributed by atoms with van der Waals surface area (Å²) in [5.41, 5.74) is 1.16. The average molecular weight is 499 g/mol. The fourth-order valence-corrected chi connectivity index (χ4v) is 5.09. The molecule has 11 heteroatoms. The molecule has 0 radical (unpaired) electrons. The molecule has 1 N–H and O–H groups in total. The van der Waals surface area contributed by atoms with Crippen molar-refractivity contribution in [2.45, 2.75) is 22.2 Å². The van der Waals surface area contributed by atoms with Crippen molar-refractivity contribution in [3.8, 4) is 5.69 Å². The first-order chi connectivity index (χ1) is 14.6. The molecule has 0 aliphatic carbocycles. The van der Waals surface area contributed by atoms with Crippen LogP contribution in [0.15, 0.2) is 64.9 Å². The maximum atomic E-state index is 12.7. The summed E-state index contributed by atoms with van der Waals surface area (Å²) in [7, 11) is -0.917. The molecule has 0 saturated carbocycles. The van der Waals surface area contributed by atoms with Gasteiger partial charge in [-0.15, -0.1) is 0 Å². The lowest BCUT2D eigenvalue weighted by molar-refractivity contribution is -0.115. The first-order valence-electron chi connectivity index (χ1n) is 9.08. The van der Waals surface area contributed by atoms with Crippen LogP contribution in [0.3, 0.4) is 0 Å². The van der Waals surface area contributed by atoms with E-state index in [1.165, 1.54) is 38.0 Å². The van der Waals surface area contributed by atoms with E-state index in [0.29, 0.717) is 15.9 Å². The zero-order valence-electron chi connectivity index (χ0n) is 16.9. The summed E-state index contributed by atoms with van der Waals surface area (Å²) >= 11 is 13.4. The maximum Gasteiger partial charge on any atom is 0.244 e. The third-order valence-electron chi connectivity index (χ3n) is 4.30. The van der Waals surface area contributed by atoms with Gasteiger partial charge < -0.3 is 5.32 Å². The largest absolute Gasteiger partial charge is 0.325 e. The van der Waals surface area contributed by atoms with Gasteiger partial charge in [0.1, 0.15) is 4.90 Å². The van der Waals surface area contributed by atoms with Crippen molar-refractivity contribution >= 4 is 56.6 Å². The highest BCUT2D eigenvalue weighted by atomic mass is 35.5. The van der Waals surface area contributed by atoms with E-state index in [1.54, 1.807) is 37.5 Å². The van der Waals surface area contributed by atoms with Crippen molar-refractivity contribution in [3.63, 3.8) is 0 Å². The molecule has 0 saturated heterocycles. The number of benzene rings is 2. The normalized spacial score (nSPS) is 12.7. The van der Waals surface area contributed by atoms with Crippen LogP contribution < -0.4 is 5.32 Å². The Balaban J connectivity index is 1.77. The van der Waals surface area contributed by atoms with Crippen LogP contribution in [0.4, 0.5) is 5.69 Å². The van der Waals surface area contributed by atoms with Crippen LogP contribution in [0.25, 0.3) is 5.69 Å². The molecule has 3 aromatic rings. The number of carbonyl (C=O) groups is 1. The fourth-order valence-electron chi connectivity index (χ4n) is 2.63. The number of carbonyl (C=O) groups excluding carboxylic acids is 1. The van der Waals surface area contributed by atoms with Crippen LogP contribution in [0.1, 0.15) is 6.92 Å². The number of aromatic nitrogens is 2. The number of halogens is 2. The summed E-state index contributed by atoms with van der Waals surface area (Å²) in [6.07, 6.45) is 3.43. The summed E-state index contributed by atoms with van der Waals surface area (Å²) < 4.78 is 27.8. The lowest BCUT2D eigenvalue weighted by Gasteiger charge is -2.16. The van der Waals surface area contributed by atoms with E-state index in [2.05, 4.69) is 10.3 Å². The number of imidazole rings is 1. The van der Waals surface area contributed by atoms with E-state index in [-0.39, 0.29) is 15.8 Å². The Hall–Kier alpha value is -2.04. The molecular weight excluding hydrogens is 479 g/mol. The number of hydrogen-bond acceptors (Lipinski definition) is 5. The molecule has 31 heavy (non-hydrogen) atoms. The van der Waals surface area contributed by atoms with Crippen molar-refractivity contribution in [1.82, 2.24) is 13.9 Å². The molecule has 0 aliphatic heterocycles. The first-order valence-corrected chi connectivity index (χ1v) is 12.2. The highest BCUT2D eigenvalue weighted by Gasteiger charge is 2.23. The number of anilines is 1. The molecule has 1 amide bonds. The molecular formula is C20H20Cl2N4O3S2. The maximum absolute atomic E-state index is 12.7. The number of thioether (sulfide) groups is 1. The molecule has 1 aromatic heterocycles. The zero-order valence-corrected chi connectivity index (χ0v) is 20.1. The van der Waals surface area contributed by atoms with Gasteiger partial charge in [-0.05, 0) is 43.3 Å². The highest BCUT2D eigenvalue weighted by molar-refractivity contribution is 8.00. The van der Waals surface area contributed by atoms with Crippen LogP contribution in [0.2, 0.25) is 10.0 Å². The Kier molecular flexibility index (Phi) is 7.33. The van der Waals surface area contributed by atoms with Crippen LogP contribution >= 0.6 is 35.0 Å². The lowest BCUT2D eigenvalue weighted by Crippen LogP contribution is -2.24. The van der Waals surface area contributed by atoms with Crippen LogP contribution in [0, 0.1) is 0 Å². The predicted molar refractivity (Wildman–Crippen MR) is 125 cm³/mol. The van der Waals surface area contributed by atoms with Crippen molar-refractivity contribution in [2.24, 2.45) is 0 Å². The monoisotopic (exact) mass is 498 g/mol. The lowest BCUT2D eigenvalue weighted by atomic mass is 10.3. The molecule has 0 fully saturated rings. The summed E-state index contributed by atoms with van der Waals surface area (Å²) in [5.74, 6) is -0.304. The van der Waals surface area contributed by atoms with Crippen LogP contribution in [0.5, 0.6) is 0 Å². The molecule has 0 spiro atoms. The van der Waals surface area contributed by atoms with E-state index < -0.39 is 15.3 Å². The Morgan fingerprint density at radius 2 is 1.94 bits per heavy atom. The second-order valence-electron chi connectivity index (χ2n) is 6.74. The van der Waals surface area contributed by atoms with Gasteiger partial charge in [-0.3, -0.25) is 9.36 Å². The Bertz CT molecular complexity index is 1210. The molecule has 3 rings (SSSR count). The predicted octanol–water partition coefficient (Wildman–Crippen LogP) is 4.55. The van der Waals surface area contributed by atoms with Gasteiger partial charge in [-0.2, -0.15) is 0 Å². The topological polar surface area (TPSA) is 84.3 Å². The average Bonchev–Trinajstić information content (AvgIpc) is 3.17. The summed E-state index contributed by atoms with van der Waals surface area (Å²) in [5, 5.41) is 3.53. The van der Waals surface area contributed by atoms with Gasteiger partial charge in [-0.25, -0.2) is 17.7 Å². The van der Waals surface area contributed by atoms with Crippen molar-refractivity contribution in [1.29, 1.82) is 0 Å². The smallest absolute Gasteiger partial charge is 0.244 e. The SMILES string of the molecule is CC(Sc1nccn1-c1cccc(Cl)c1)C(=O)Nc1ccc(Cl)c(S(=O)(=O)N(C)C)c1. The third kappa shape index (κ3) is 5.42. The van der Waals surface area contributed by atoms with E-state index in [9.17, 15) is 13.2 Å². The molecule has 1 heterocycles. The number of nitrogens with zero attached hydrogens (tertiary/aromatic N) is 3. The molecule has 7 nitrogen and oxygen atoms in total. The van der Waals surface area contributed by atoms with E-state index in [0.717, 1.165) is 9.99 Å². The number of hydrogen-bond donors (Lipinski definition) is 1. The summed E-state index contributed by atoms with van der Waals surface area (Å²) in [4.78, 5) is 17.0. The fraction of sp³-hybridized carbons (Fsp3) is 0.200. The summed E-state index contributed by atoms with van der Waals surface area (Å²) in [6.45, 7) is 1.74. The molecule has 1 unspecified atom stereocenters. The molecule has 0 bridgehead atoms. The second-order valence-corrected chi connectivity index (χ2v) is 11.0. The summed E-state index contributed by atoms with van der Waals surface area (Å²) in [6, 6.07) is 11.7. The first kappa shape index (κ1) is 23.6. The van der Waals surface area contributed by atoms with Crippen LogP contribution in [-0.2, 0) is 14.8 Å². The van der Waals surface area contributed by atoms with E-state index in [1.807, 2.05) is 16.7 Å². The third-order valence-corrected chi connectivity index (χ3v) is 7.91. The Labute approximate surface area is 195 Å². The standard InChI is InChI=1S/C20H20Cl2N4O3S2/c1-13(30-20-23-9-10-26(20)16-6-4-5-14(21)11-16)19(27)24-15-7-8-17(22)18(12-15)31(28,29)25(2)3/h4-13H,1-3H3,(H,24,27). The molecule has 164 valence electrons. The van der Waals surface area contributed by atoms with Gasteiger partial charge in [0, 0.05) is 42.9 Å². The van der Waals surface area contributed by atoms with Gasteiger partial charge in [0.15, 0.2) is 5.16 Å². The Morgan fingerprint density at radius 1 is 1.19 bits per heavy atom. The number of amides is 1. The van der Waals surface area contributed by atoms with E-state index >= 15 is 0 Å². The second kappa shape index (κ2) is 9.62. The minimum absolute atomic E-state index is 0.0752. The minimum atomic E-state index is -3.75. The van der Waals surface area contributed by atoms with Gasteiger partial charge in [0.05, 0.1) is 10.3 Å². The zero-order chi connectivity index (χ0) is 22.8. The van der Waals surface area contributed by atoms with Crippen LogP contribution in [-0.4, -0.2) is 47.5 Å². The minimum Gasteiger partial charge on any atom is -0.325 e. The molecule has 0 aliphatic rings. The van der Waals surface area contributed by atoms with Crippen molar-refractivity contribution in [2.75, 3.05) is 19.4 Å². The van der Waals surface area contributed by atoms with Crippen molar-refractivity contribution < 1.29 is 13.2 Å². The number of sulfonamides is 1.